The summed E-state index contributed by atoms with van der Waals surface area (Å²) in [6, 6.07) is 4.47. The number of primary sulfonamides is 1. The molecule has 0 aliphatic carbocycles. The molecule has 0 saturated carbocycles. The third kappa shape index (κ3) is 3.79. The fourth-order valence-corrected chi connectivity index (χ4v) is 2.27. The minimum atomic E-state index is -3.86. The summed E-state index contributed by atoms with van der Waals surface area (Å²) in [6.07, 6.45) is 0.151. The molecule has 1 aromatic carbocycles. The SMILES string of the molecule is COc1ccc(CC(=O)CBr)cc1S(N)(=O)=O. The molecule has 0 saturated heterocycles. The van der Waals surface area contributed by atoms with Gasteiger partial charge >= 0.3 is 0 Å². The molecule has 5 nitrogen and oxygen atoms in total. The topological polar surface area (TPSA) is 86.5 Å². The first-order chi connectivity index (χ1) is 7.88. The van der Waals surface area contributed by atoms with Crippen LogP contribution in [0.3, 0.4) is 0 Å². The molecule has 0 radical (unpaired) electrons. The Morgan fingerprint density at radius 3 is 2.59 bits per heavy atom. The van der Waals surface area contributed by atoms with Crippen LogP contribution in [0, 0.1) is 0 Å². The molecule has 0 heterocycles. The van der Waals surface area contributed by atoms with Gasteiger partial charge in [0.15, 0.2) is 0 Å². The monoisotopic (exact) mass is 321 g/mol. The number of nitrogens with two attached hydrogens (primary N) is 1. The van der Waals surface area contributed by atoms with Crippen molar-refractivity contribution in [2.24, 2.45) is 5.14 Å². The molecule has 0 atom stereocenters. The number of halogens is 1. The van der Waals surface area contributed by atoms with Crippen LogP contribution in [0.25, 0.3) is 0 Å². The zero-order valence-corrected chi connectivity index (χ0v) is 11.5. The Labute approximate surface area is 108 Å². The van der Waals surface area contributed by atoms with E-state index in [0.717, 1.165) is 0 Å². The Morgan fingerprint density at radius 1 is 1.47 bits per heavy atom. The molecular weight excluding hydrogens is 310 g/mol. The zero-order chi connectivity index (χ0) is 13.1. The molecule has 0 aromatic heterocycles. The van der Waals surface area contributed by atoms with Gasteiger partial charge in [-0.1, -0.05) is 22.0 Å². The fourth-order valence-electron chi connectivity index (χ4n) is 1.33. The van der Waals surface area contributed by atoms with Gasteiger partial charge in [-0.15, -0.1) is 0 Å². The zero-order valence-electron chi connectivity index (χ0n) is 9.14. The van der Waals surface area contributed by atoms with E-state index in [4.69, 9.17) is 9.88 Å². The van der Waals surface area contributed by atoms with Crippen molar-refractivity contribution in [2.45, 2.75) is 11.3 Å². The highest BCUT2D eigenvalue weighted by Gasteiger charge is 2.16. The van der Waals surface area contributed by atoms with Gasteiger partial charge < -0.3 is 4.74 Å². The Bertz CT molecular complexity index is 527. The van der Waals surface area contributed by atoms with Crippen molar-refractivity contribution in [2.75, 3.05) is 12.4 Å². The number of sulfonamides is 1. The number of carbonyl (C=O) groups is 1. The molecule has 0 amide bonds. The van der Waals surface area contributed by atoms with Gasteiger partial charge in [0.1, 0.15) is 16.4 Å². The number of carbonyl (C=O) groups excluding carboxylic acids is 1. The van der Waals surface area contributed by atoms with Crippen LogP contribution in [0.4, 0.5) is 0 Å². The van der Waals surface area contributed by atoms with Crippen molar-refractivity contribution in [3.05, 3.63) is 23.8 Å². The average Bonchev–Trinajstić information content (AvgIpc) is 2.27. The van der Waals surface area contributed by atoms with E-state index in [1.165, 1.54) is 19.2 Å². The van der Waals surface area contributed by atoms with E-state index in [-0.39, 0.29) is 28.2 Å². The van der Waals surface area contributed by atoms with E-state index in [0.29, 0.717) is 5.56 Å². The maximum absolute atomic E-state index is 11.3. The highest BCUT2D eigenvalue weighted by atomic mass is 79.9. The van der Waals surface area contributed by atoms with Crippen molar-refractivity contribution in [3.63, 3.8) is 0 Å². The minimum Gasteiger partial charge on any atom is -0.495 e. The molecule has 17 heavy (non-hydrogen) atoms. The summed E-state index contributed by atoms with van der Waals surface area (Å²) in [7, 11) is -2.50. The van der Waals surface area contributed by atoms with Crippen molar-refractivity contribution >= 4 is 31.7 Å². The van der Waals surface area contributed by atoms with Crippen LogP contribution < -0.4 is 9.88 Å². The second-order valence-electron chi connectivity index (χ2n) is 3.38. The minimum absolute atomic E-state index is 0.0458. The summed E-state index contributed by atoms with van der Waals surface area (Å²) < 4.78 is 27.6. The number of rotatable bonds is 5. The average molecular weight is 322 g/mol. The fraction of sp³-hybridized carbons (Fsp3) is 0.300. The number of hydrogen-bond acceptors (Lipinski definition) is 4. The molecule has 0 bridgehead atoms. The van der Waals surface area contributed by atoms with Crippen molar-refractivity contribution in [1.82, 2.24) is 0 Å². The summed E-state index contributed by atoms with van der Waals surface area (Å²) in [6.45, 7) is 0. The van der Waals surface area contributed by atoms with E-state index in [9.17, 15) is 13.2 Å². The van der Waals surface area contributed by atoms with Gasteiger partial charge in [0.05, 0.1) is 12.4 Å². The first-order valence-corrected chi connectivity index (χ1v) is 7.32. The van der Waals surface area contributed by atoms with E-state index >= 15 is 0 Å². The lowest BCUT2D eigenvalue weighted by Crippen LogP contribution is -2.14. The van der Waals surface area contributed by atoms with Crippen LogP contribution in [-0.2, 0) is 21.2 Å². The number of alkyl halides is 1. The van der Waals surface area contributed by atoms with Crippen LogP contribution in [0.15, 0.2) is 23.1 Å². The molecule has 0 spiro atoms. The third-order valence-electron chi connectivity index (χ3n) is 2.08. The lowest BCUT2D eigenvalue weighted by atomic mass is 10.1. The summed E-state index contributed by atoms with van der Waals surface area (Å²) in [4.78, 5) is 11.1. The maximum atomic E-state index is 11.3. The molecular formula is C10H12BrNO4S. The van der Waals surface area contributed by atoms with Gasteiger partial charge in [-0.2, -0.15) is 0 Å². The van der Waals surface area contributed by atoms with Crippen molar-refractivity contribution in [1.29, 1.82) is 0 Å². The van der Waals surface area contributed by atoms with Crippen LogP contribution in [0.2, 0.25) is 0 Å². The number of Topliss-reactive ketones (excluding diaryl/α,β-unsaturated/α-hetero) is 1. The van der Waals surface area contributed by atoms with Gasteiger partial charge in [-0.05, 0) is 17.7 Å². The third-order valence-corrected chi connectivity index (χ3v) is 3.64. The van der Waals surface area contributed by atoms with Gasteiger partial charge in [0, 0.05) is 6.42 Å². The second-order valence-corrected chi connectivity index (χ2v) is 5.47. The van der Waals surface area contributed by atoms with Crippen molar-refractivity contribution in [3.8, 4) is 5.75 Å². The highest BCUT2D eigenvalue weighted by molar-refractivity contribution is 9.09. The molecule has 1 aromatic rings. The molecule has 0 unspecified atom stereocenters. The number of benzene rings is 1. The predicted octanol–water partition coefficient (Wildman–Crippen LogP) is 0.849. The molecule has 0 aliphatic rings. The quantitative estimate of drug-likeness (QED) is 0.814. The normalized spacial score (nSPS) is 11.2. The smallest absolute Gasteiger partial charge is 0.241 e. The summed E-state index contributed by atoms with van der Waals surface area (Å²) in [5.74, 6) is 0.123. The summed E-state index contributed by atoms with van der Waals surface area (Å²) in [5.41, 5.74) is 0.583. The number of hydrogen-bond donors (Lipinski definition) is 1. The van der Waals surface area contributed by atoms with Gasteiger partial charge in [-0.25, -0.2) is 13.6 Å². The van der Waals surface area contributed by atoms with Gasteiger partial charge in [-0.3, -0.25) is 4.79 Å². The van der Waals surface area contributed by atoms with Crippen molar-refractivity contribution < 1.29 is 17.9 Å². The molecule has 0 fully saturated rings. The second kappa shape index (κ2) is 5.61. The van der Waals surface area contributed by atoms with Crippen LogP contribution in [-0.4, -0.2) is 26.6 Å². The van der Waals surface area contributed by atoms with E-state index in [1.807, 2.05) is 0 Å². The van der Waals surface area contributed by atoms with E-state index < -0.39 is 10.0 Å². The first kappa shape index (κ1) is 14.1. The van der Waals surface area contributed by atoms with Crippen LogP contribution in [0.1, 0.15) is 5.56 Å². The van der Waals surface area contributed by atoms with Gasteiger partial charge in [0.25, 0.3) is 0 Å². The molecule has 2 N–H and O–H groups in total. The Hall–Kier alpha value is -0.920. The van der Waals surface area contributed by atoms with Crippen LogP contribution >= 0.6 is 15.9 Å². The van der Waals surface area contributed by atoms with E-state index in [1.54, 1.807) is 6.07 Å². The molecule has 7 heteroatoms. The van der Waals surface area contributed by atoms with Crippen LogP contribution in [0.5, 0.6) is 5.75 Å². The lowest BCUT2D eigenvalue weighted by molar-refractivity contribution is -0.115. The number of methoxy groups -OCH3 is 1. The number of ketones is 1. The molecule has 0 aliphatic heterocycles. The summed E-state index contributed by atoms with van der Waals surface area (Å²) in [5, 5.41) is 5.29. The Balaban J connectivity index is 3.19. The lowest BCUT2D eigenvalue weighted by Gasteiger charge is -2.08. The standard InChI is InChI=1S/C10H12BrNO4S/c1-16-9-3-2-7(4-8(13)6-11)5-10(9)17(12,14)15/h2-3,5H,4,6H2,1H3,(H2,12,14,15). The highest BCUT2D eigenvalue weighted by Crippen LogP contribution is 2.24. The predicted molar refractivity (Wildman–Crippen MR) is 66.9 cm³/mol. The van der Waals surface area contributed by atoms with E-state index in [2.05, 4.69) is 15.9 Å². The number of ether oxygens (including phenoxy) is 1. The largest absolute Gasteiger partial charge is 0.495 e. The van der Waals surface area contributed by atoms with Gasteiger partial charge in [0.2, 0.25) is 10.0 Å². The summed E-state index contributed by atoms with van der Waals surface area (Å²) >= 11 is 3.04. The molecule has 1 rings (SSSR count). The molecule has 94 valence electrons. The Kier molecular flexibility index (Phi) is 4.67. The maximum Gasteiger partial charge on any atom is 0.241 e. The first-order valence-electron chi connectivity index (χ1n) is 4.66. The Morgan fingerprint density at radius 2 is 2.12 bits per heavy atom.